The fraction of sp³-hybridized carbons (Fsp3) is 0.727. The summed E-state index contributed by atoms with van der Waals surface area (Å²) in [7, 11) is -2.22. The Morgan fingerprint density at radius 3 is 2.55 bits per heavy atom. The first-order valence-electron chi connectivity index (χ1n) is 6.33. The van der Waals surface area contributed by atoms with E-state index in [4.69, 9.17) is 10.5 Å². The van der Waals surface area contributed by atoms with E-state index in [9.17, 15) is 13.5 Å². The topological polar surface area (TPSA) is 119 Å². The number of nitrogen functional groups attached to an aromatic ring is 1. The molecular formula is C11H20N4O4S. The first kappa shape index (κ1) is 15.2. The predicted molar refractivity (Wildman–Crippen MR) is 72.5 cm³/mol. The smallest absolute Gasteiger partial charge is 0.246 e. The van der Waals surface area contributed by atoms with Crippen LogP contribution in [0.25, 0.3) is 0 Å². The van der Waals surface area contributed by atoms with Crippen LogP contribution in [0.1, 0.15) is 18.5 Å². The molecule has 20 heavy (non-hydrogen) atoms. The Bertz CT molecular complexity index is 590. The Morgan fingerprint density at radius 1 is 1.50 bits per heavy atom. The lowest BCUT2D eigenvalue weighted by Crippen LogP contribution is -2.54. The van der Waals surface area contributed by atoms with Crippen molar-refractivity contribution in [1.29, 1.82) is 0 Å². The van der Waals surface area contributed by atoms with Gasteiger partial charge in [0, 0.05) is 20.3 Å². The second kappa shape index (κ2) is 5.32. The molecule has 4 N–H and O–H groups in total. The summed E-state index contributed by atoms with van der Waals surface area (Å²) in [6.45, 7) is 2.16. The van der Waals surface area contributed by atoms with Gasteiger partial charge in [0.2, 0.25) is 10.0 Å². The number of nitrogens with zero attached hydrogens (tertiary/aromatic N) is 2. The summed E-state index contributed by atoms with van der Waals surface area (Å²) < 4.78 is 34.3. The predicted octanol–water partition coefficient (Wildman–Crippen LogP) is -0.869. The molecule has 9 heteroatoms. The van der Waals surface area contributed by atoms with E-state index in [-0.39, 0.29) is 17.3 Å². The maximum Gasteiger partial charge on any atom is 0.246 e. The van der Waals surface area contributed by atoms with Crippen molar-refractivity contribution in [2.45, 2.75) is 30.2 Å². The third-order valence-electron chi connectivity index (χ3n) is 3.68. The van der Waals surface area contributed by atoms with Gasteiger partial charge in [0.25, 0.3) is 0 Å². The van der Waals surface area contributed by atoms with Crippen molar-refractivity contribution in [3.05, 3.63) is 5.69 Å². The van der Waals surface area contributed by atoms with Crippen LogP contribution in [0.5, 0.6) is 0 Å². The van der Waals surface area contributed by atoms with E-state index in [1.807, 2.05) is 0 Å². The summed E-state index contributed by atoms with van der Waals surface area (Å²) in [5.41, 5.74) is 5.24. The van der Waals surface area contributed by atoms with Gasteiger partial charge in [-0.25, -0.2) is 13.1 Å². The molecule has 2 heterocycles. The van der Waals surface area contributed by atoms with Crippen LogP contribution < -0.4 is 10.5 Å². The number of hydrogen-bond acceptors (Lipinski definition) is 6. The molecule has 1 aromatic heterocycles. The lowest BCUT2D eigenvalue weighted by atomic mass is 9.93. The Hall–Kier alpha value is -1.16. The van der Waals surface area contributed by atoms with E-state index in [0.717, 1.165) is 0 Å². The van der Waals surface area contributed by atoms with Crippen LogP contribution in [-0.2, 0) is 21.8 Å². The van der Waals surface area contributed by atoms with Gasteiger partial charge in [0.1, 0.15) is 4.90 Å². The lowest BCUT2D eigenvalue weighted by molar-refractivity contribution is 0.0223. The molecule has 0 atom stereocenters. The van der Waals surface area contributed by atoms with E-state index in [1.54, 1.807) is 14.0 Å². The van der Waals surface area contributed by atoms with E-state index in [2.05, 4.69) is 9.82 Å². The molecule has 1 aromatic rings. The largest absolute Gasteiger partial charge is 0.394 e. The van der Waals surface area contributed by atoms with Crippen molar-refractivity contribution < 1.29 is 18.3 Å². The molecule has 0 aliphatic carbocycles. The molecule has 2 rings (SSSR count). The molecule has 0 saturated carbocycles. The molecular weight excluding hydrogens is 284 g/mol. The Labute approximate surface area is 118 Å². The standard InChI is InChI=1S/C11H20N4O4S/c1-8-9(10(12)13-15(8)2)20(17,18)14-11(7-16)3-5-19-6-4-11/h14,16H,3-7H2,1-2H3,(H2,12,13). The zero-order valence-corrected chi connectivity index (χ0v) is 12.4. The number of sulfonamides is 1. The maximum absolute atomic E-state index is 12.5. The molecule has 0 unspecified atom stereocenters. The average Bonchev–Trinajstić information content (AvgIpc) is 2.64. The van der Waals surface area contributed by atoms with Gasteiger partial charge in [-0.3, -0.25) is 4.68 Å². The van der Waals surface area contributed by atoms with Gasteiger partial charge in [-0.2, -0.15) is 5.10 Å². The first-order chi connectivity index (χ1) is 9.31. The van der Waals surface area contributed by atoms with Crippen LogP contribution in [0.15, 0.2) is 4.90 Å². The first-order valence-corrected chi connectivity index (χ1v) is 7.81. The van der Waals surface area contributed by atoms with E-state index in [0.29, 0.717) is 31.7 Å². The fourth-order valence-electron chi connectivity index (χ4n) is 2.34. The molecule has 0 radical (unpaired) electrons. The molecule has 0 spiro atoms. The van der Waals surface area contributed by atoms with Gasteiger partial charge >= 0.3 is 0 Å². The summed E-state index contributed by atoms with van der Waals surface area (Å²) in [6, 6.07) is 0. The Balaban J connectivity index is 2.35. The number of ether oxygens (including phenoxy) is 1. The zero-order valence-electron chi connectivity index (χ0n) is 11.6. The second-order valence-corrected chi connectivity index (χ2v) is 6.70. The van der Waals surface area contributed by atoms with E-state index in [1.165, 1.54) is 4.68 Å². The van der Waals surface area contributed by atoms with Crippen molar-refractivity contribution in [3.8, 4) is 0 Å². The average molecular weight is 304 g/mol. The molecule has 0 amide bonds. The number of rotatable bonds is 4. The van der Waals surface area contributed by atoms with Gasteiger partial charge in [0.05, 0.1) is 17.8 Å². The normalized spacial score (nSPS) is 19.1. The number of nitrogens with two attached hydrogens (primary N) is 1. The SMILES string of the molecule is Cc1c(S(=O)(=O)NC2(CO)CCOCC2)c(N)nn1C. The van der Waals surface area contributed by atoms with Crippen molar-refractivity contribution in [2.24, 2.45) is 7.05 Å². The van der Waals surface area contributed by atoms with Crippen LogP contribution in [0.3, 0.4) is 0 Å². The van der Waals surface area contributed by atoms with Crippen LogP contribution >= 0.6 is 0 Å². The highest BCUT2D eigenvalue weighted by molar-refractivity contribution is 7.89. The van der Waals surface area contributed by atoms with Crippen molar-refractivity contribution >= 4 is 15.8 Å². The summed E-state index contributed by atoms with van der Waals surface area (Å²) in [6.07, 6.45) is 0.837. The number of nitrogens with one attached hydrogen (secondary N) is 1. The zero-order chi connectivity index (χ0) is 15.0. The number of aliphatic hydroxyl groups is 1. The molecule has 0 bridgehead atoms. The third kappa shape index (κ3) is 2.66. The van der Waals surface area contributed by atoms with Gasteiger partial charge < -0.3 is 15.6 Å². The molecule has 0 aromatic carbocycles. The summed E-state index contributed by atoms with van der Waals surface area (Å²) in [5, 5.41) is 13.5. The van der Waals surface area contributed by atoms with Gasteiger partial charge in [-0.1, -0.05) is 0 Å². The number of anilines is 1. The number of hydrogen-bond donors (Lipinski definition) is 3. The van der Waals surface area contributed by atoms with Crippen LogP contribution in [0.2, 0.25) is 0 Å². The Kier molecular flexibility index (Phi) is 4.05. The number of aromatic nitrogens is 2. The second-order valence-electron chi connectivity index (χ2n) is 5.08. The summed E-state index contributed by atoms with van der Waals surface area (Å²) in [4.78, 5) is -0.0284. The quantitative estimate of drug-likeness (QED) is 0.665. The lowest BCUT2D eigenvalue weighted by Gasteiger charge is -2.35. The minimum Gasteiger partial charge on any atom is -0.394 e. The summed E-state index contributed by atoms with van der Waals surface area (Å²) >= 11 is 0. The highest BCUT2D eigenvalue weighted by atomic mass is 32.2. The molecule has 1 aliphatic heterocycles. The van der Waals surface area contributed by atoms with E-state index < -0.39 is 15.6 Å². The summed E-state index contributed by atoms with van der Waals surface area (Å²) in [5.74, 6) is -0.0438. The van der Waals surface area contributed by atoms with Crippen LogP contribution in [0, 0.1) is 6.92 Å². The third-order valence-corrected chi connectivity index (χ3v) is 5.42. The van der Waals surface area contributed by atoms with Crippen molar-refractivity contribution in [3.63, 3.8) is 0 Å². The number of aliphatic hydroxyl groups excluding tert-OH is 1. The molecule has 8 nitrogen and oxygen atoms in total. The van der Waals surface area contributed by atoms with E-state index >= 15 is 0 Å². The minimum atomic E-state index is -3.84. The van der Waals surface area contributed by atoms with Crippen molar-refractivity contribution in [1.82, 2.24) is 14.5 Å². The van der Waals surface area contributed by atoms with Gasteiger partial charge in [0.15, 0.2) is 5.82 Å². The van der Waals surface area contributed by atoms with Crippen LogP contribution in [0.4, 0.5) is 5.82 Å². The van der Waals surface area contributed by atoms with Crippen molar-refractivity contribution in [2.75, 3.05) is 25.6 Å². The highest BCUT2D eigenvalue weighted by Crippen LogP contribution is 2.26. The van der Waals surface area contributed by atoms with Crippen LogP contribution in [-0.4, -0.2) is 48.7 Å². The number of aryl methyl sites for hydroxylation is 1. The molecule has 114 valence electrons. The fourth-order valence-corrected chi connectivity index (χ4v) is 4.12. The minimum absolute atomic E-state index is 0.0284. The monoisotopic (exact) mass is 304 g/mol. The Morgan fingerprint density at radius 2 is 2.10 bits per heavy atom. The van der Waals surface area contributed by atoms with Gasteiger partial charge in [-0.15, -0.1) is 0 Å². The molecule has 1 aliphatic rings. The highest BCUT2D eigenvalue weighted by Gasteiger charge is 2.38. The van der Waals surface area contributed by atoms with Gasteiger partial charge in [-0.05, 0) is 19.8 Å². The molecule has 1 fully saturated rings. The maximum atomic E-state index is 12.5. The molecule has 1 saturated heterocycles.